The van der Waals surface area contributed by atoms with E-state index in [0.29, 0.717) is 29.3 Å². The molecule has 3 N–H and O–H groups in total. The molecule has 8 heteroatoms. The zero-order valence-electron chi connectivity index (χ0n) is 18.7. The SMILES string of the molecule is CC(=O)Nc1cc(NC(C)=O)cc(C(=O)NC(C)c2ccc(OCc3cccnc3)cc2)c1. The van der Waals surface area contributed by atoms with E-state index < -0.39 is 0 Å². The van der Waals surface area contributed by atoms with E-state index in [9.17, 15) is 14.4 Å². The second kappa shape index (κ2) is 10.9. The summed E-state index contributed by atoms with van der Waals surface area (Å²) in [5, 5.41) is 8.22. The number of pyridine rings is 1. The third-order valence-corrected chi connectivity index (χ3v) is 4.69. The van der Waals surface area contributed by atoms with E-state index in [0.717, 1.165) is 11.1 Å². The number of hydrogen-bond acceptors (Lipinski definition) is 5. The maximum atomic E-state index is 12.9. The van der Waals surface area contributed by atoms with Crippen molar-refractivity contribution in [3.05, 3.63) is 83.7 Å². The second-order valence-electron chi connectivity index (χ2n) is 7.58. The number of nitrogens with one attached hydrogen (secondary N) is 3. The van der Waals surface area contributed by atoms with Crippen LogP contribution in [0.1, 0.15) is 48.3 Å². The van der Waals surface area contributed by atoms with Crippen LogP contribution >= 0.6 is 0 Å². The molecule has 3 aromatic rings. The van der Waals surface area contributed by atoms with Gasteiger partial charge in [0.2, 0.25) is 11.8 Å². The molecule has 1 atom stereocenters. The first kappa shape index (κ1) is 23.5. The third-order valence-electron chi connectivity index (χ3n) is 4.69. The number of nitrogens with zero attached hydrogens (tertiary/aromatic N) is 1. The lowest BCUT2D eigenvalue weighted by molar-refractivity contribution is -0.115. The van der Waals surface area contributed by atoms with Crippen LogP contribution in [-0.4, -0.2) is 22.7 Å². The number of aromatic nitrogens is 1. The molecule has 170 valence electrons. The van der Waals surface area contributed by atoms with Crippen LogP contribution in [0.5, 0.6) is 5.75 Å². The smallest absolute Gasteiger partial charge is 0.251 e. The van der Waals surface area contributed by atoms with Gasteiger partial charge in [-0.1, -0.05) is 18.2 Å². The summed E-state index contributed by atoms with van der Waals surface area (Å²) < 4.78 is 5.77. The summed E-state index contributed by atoms with van der Waals surface area (Å²) in [5.74, 6) is -0.177. The maximum Gasteiger partial charge on any atom is 0.251 e. The van der Waals surface area contributed by atoms with Crippen LogP contribution in [0.3, 0.4) is 0 Å². The molecule has 0 aliphatic rings. The van der Waals surface area contributed by atoms with E-state index >= 15 is 0 Å². The molecule has 0 radical (unpaired) electrons. The minimum absolute atomic E-state index is 0.277. The topological polar surface area (TPSA) is 109 Å². The van der Waals surface area contributed by atoms with Crippen molar-refractivity contribution in [2.75, 3.05) is 10.6 Å². The normalized spacial score (nSPS) is 11.2. The van der Waals surface area contributed by atoms with Crippen LogP contribution < -0.4 is 20.7 Å². The quantitative estimate of drug-likeness (QED) is 0.483. The van der Waals surface area contributed by atoms with Crippen molar-refractivity contribution in [3.63, 3.8) is 0 Å². The van der Waals surface area contributed by atoms with Gasteiger partial charge in [0, 0.05) is 48.7 Å². The van der Waals surface area contributed by atoms with Gasteiger partial charge in [-0.05, 0) is 48.9 Å². The standard InChI is InChI=1S/C25H26N4O4/c1-16(20-6-8-24(9-7-20)33-15-19-5-4-10-26-14-19)27-25(32)21-11-22(28-17(2)30)13-23(12-21)29-18(3)31/h4-14,16H,15H2,1-3H3,(H,27,32)(H,28,30)(H,29,31). The Morgan fingerprint density at radius 1 is 0.939 bits per heavy atom. The van der Waals surface area contributed by atoms with Crippen LogP contribution in [0.15, 0.2) is 67.0 Å². The van der Waals surface area contributed by atoms with E-state index in [-0.39, 0.29) is 23.8 Å². The summed E-state index contributed by atoms with van der Waals surface area (Å²) in [6.45, 7) is 5.03. The van der Waals surface area contributed by atoms with Gasteiger partial charge in [0.05, 0.1) is 6.04 Å². The van der Waals surface area contributed by atoms with Gasteiger partial charge in [0.25, 0.3) is 5.91 Å². The van der Waals surface area contributed by atoms with Crippen molar-refractivity contribution < 1.29 is 19.1 Å². The van der Waals surface area contributed by atoms with Gasteiger partial charge in [0.15, 0.2) is 0 Å². The first-order valence-electron chi connectivity index (χ1n) is 10.4. The lowest BCUT2D eigenvalue weighted by Crippen LogP contribution is -2.27. The first-order chi connectivity index (χ1) is 15.8. The molecule has 1 heterocycles. The second-order valence-corrected chi connectivity index (χ2v) is 7.58. The fraction of sp³-hybridized carbons (Fsp3) is 0.200. The number of carbonyl (C=O) groups excluding carboxylic acids is 3. The largest absolute Gasteiger partial charge is 0.489 e. The van der Waals surface area contributed by atoms with Crippen LogP contribution in [0.4, 0.5) is 11.4 Å². The summed E-state index contributed by atoms with van der Waals surface area (Å²) in [6.07, 6.45) is 3.47. The Morgan fingerprint density at radius 2 is 1.58 bits per heavy atom. The summed E-state index contributed by atoms with van der Waals surface area (Å²) >= 11 is 0. The molecule has 0 spiro atoms. The number of benzene rings is 2. The predicted octanol–water partition coefficient (Wildman–Crippen LogP) is 4.07. The number of ether oxygens (including phenoxy) is 1. The maximum absolute atomic E-state index is 12.9. The van der Waals surface area contributed by atoms with Gasteiger partial charge in [-0.3, -0.25) is 19.4 Å². The van der Waals surface area contributed by atoms with Crippen LogP contribution in [0, 0.1) is 0 Å². The summed E-state index contributed by atoms with van der Waals surface area (Å²) in [6, 6.07) is 15.7. The van der Waals surface area contributed by atoms with Gasteiger partial charge in [-0.25, -0.2) is 0 Å². The number of hydrogen-bond donors (Lipinski definition) is 3. The molecule has 1 aromatic heterocycles. The van der Waals surface area contributed by atoms with Crippen LogP contribution in [0.2, 0.25) is 0 Å². The molecule has 0 bridgehead atoms. The lowest BCUT2D eigenvalue weighted by atomic mass is 10.1. The highest BCUT2D eigenvalue weighted by Crippen LogP contribution is 2.22. The molecule has 0 saturated carbocycles. The highest BCUT2D eigenvalue weighted by molar-refractivity contribution is 6.00. The molecule has 0 fully saturated rings. The fourth-order valence-corrected chi connectivity index (χ4v) is 3.18. The monoisotopic (exact) mass is 446 g/mol. The molecule has 1 unspecified atom stereocenters. The molecule has 3 amide bonds. The van der Waals surface area contributed by atoms with Crippen molar-refractivity contribution >= 4 is 29.1 Å². The molecule has 33 heavy (non-hydrogen) atoms. The van der Waals surface area contributed by atoms with E-state index in [1.54, 1.807) is 30.6 Å². The molecule has 0 saturated heterocycles. The Labute approximate surface area is 192 Å². The molecular formula is C25H26N4O4. The average molecular weight is 447 g/mol. The first-order valence-corrected chi connectivity index (χ1v) is 10.4. The predicted molar refractivity (Wildman–Crippen MR) is 126 cm³/mol. The Bertz CT molecular complexity index is 1100. The van der Waals surface area contributed by atoms with Crippen molar-refractivity contribution in [1.82, 2.24) is 10.3 Å². The molecule has 8 nitrogen and oxygen atoms in total. The minimum atomic E-state index is -0.335. The van der Waals surface area contributed by atoms with E-state index in [4.69, 9.17) is 4.74 Å². The number of rotatable bonds is 8. The van der Waals surface area contributed by atoms with Gasteiger partial charge < -0.3 is 20.7 Å². The summed E-state index contributed by atoms with van der Waals surface area (Å²) in [4.78, 5) is 39.8. The fourth-order valence-electron chi connectivity index (χ4n) is 3.18. The average Bonchev–Trinajstić information content (AvgIpc) is 2.77. The summed E-state index contributed by atoms with van der Waals surface area (Å²) in [7, 11) is 0. The molecule has 0 aliphatic carbocycles. The van der Waals surface area contributed by atoms with Gasteiger partial charge >= 0.3 is 0 Å². The van der Waals surface area contributed by atoms with Crippen LogP contribution in [0.25, 0.3) is 0 Å². The zero-order valence-corrected chi connectivity index (χ0v) is 18.7. The van der Waals surface area contributed by atoms with Gasteiger partial charge in [-0.2, -0.15) is 0 Å². The van der Waals surface area contributed by atoms with E-state index in [1.807, 2.05) is 43.3 Å². The van der Waals surface area contributed by atoms with Crippen molar-refractivity contribution in [3.8, 4) is 5.75 Å². The van der Waals surface area contributed by atoms with Crippen molar-refractivity contribution in [1.29, 1.82) is 0 Å². The lowest BCUT2D eigenvalue weighted by Gasteiger charge is -2.16. The molecule has 3 rings (SSSR count). The minimum Gasteiger partial charge on any atom is -0.489 e. The van der Waals surface area contributed by atoms with Crippen molar-refractivity contribution in [2.45, 2.75) is 33.4 Å². The molecule has 2 aromatic carbocycles. The molecule has 0 aliphatic heterocycles. The highest BCUT2D eigenvalue weighted by atomic mass is 16.5. The number of anilines is 2. The van der Waals surface area contributed by atoms with E-state index in [2.05, 4.69) is 20.9 Å². The van der Waals surface area contributed by atoms with Crippen LogP contribution in [-0.2, 0) is 16.2 Å². The number of carbonyl (C=O) groups is 3. The molecular weight excluding hydrogens is 420 g/mol. The Hall–Kier alpha value is -4.20. The Morgan fingerprint density at radius 3 is 2.12 bits per heavy atom. The Balaban J connectivity index is 1.66. The Kier molecular flexibility index (Phi) is 7.75. The third kappa shape index (κ3) is 7.17. The van der Waals surface area contributed by atoms with Gasteiger partial charge in [0.1, 0.15) is 12.4 Å². The van der Waals surface area contributed by atoms with Crippen molar-refractivity contribution in [2.24, 2.45) is 0 Å². The zero-order chi connectivity index (χ0) is 23.8. The highest BCUT2D eigenvalue weighted by Gasteiger charge is 2.14. The summed E-state index contributed by atoms with van der Waals surface area (Å²) in [5.41, 5.74) is 3.02. The van der Waals surface area contributed by atoms with E-state index in [1.165, 1.54) is 13.8 Å². The van der Waals surface area contributed by atoms with Gasteiger partial charge in [-0.15, -0.1) is 0 Å². The number of amides is 3.